The predicted molar refractivity (Wildman–Crippen MR) is 144 cm³/mol. The fourth-order valence-electron chi connectivity index (χ4n) is 5.56. The zero-order valence-electron chi connectivity index (χ0n) is 24.4. The molecule has 1 aromatic rings. The van der Waals surface area contributed by atoms with Crippen LogP contribution in [0.25, 0.3) is 0 Å². The van der Waals surface area contributed by atoms with E-state index in [1.807, 2.05) is 6.92 Å². The molecule has 212 valence electrons. The minimum atomic E-state index is -5.03. The molecule has 0 aromatic heterocycles. The van der Waals surface area contributed by atoms with Gasteiger partial charge in [0.05, 0.1) is 0 Å². The molecule has 0 saturated heterocycles. The van der Waals surface area contributed by atoms with Crippen LogP contribution < -0.4 is 9.47 Å². The van der Waals surface area contributed by atoms with Crippen molar-refractivity contribution in [2.24, 2.45) is 17.8 Å². The number of hydrogen-bond donors (Lipinski definition) is 0. The number of halogens is 3. The Bertz CT molecular complexity index is 906. The normalized spacial score (nSPS) is 19.4. The highest BCUT2D eigenvalue weighted by Crippen LogP contribution is 2.45. The third-order valence-corrected chi connectivity index (χ3v) is 8.26. The highest BCUT2D eigenvalue weighted by molar-refractivity contribution is 5.79. The second-order valence-electron chi connectivity index (χ2n) is 12.3. The molecule has 0 amide bonds. The van der Waals surface area contributed by atoms with Crippen LogP contribution in [0, 0.1) is 38.5 Å². The summed E-state index contributed by atoms with van der Waals surface area (Å²) in [4.78, 5) is 11.5. The molecule has 1 heterocycles. The summed E-state index contributed by atoms with van der Waals surface area (Å²) in [6.07, 6.45) is 7.57. The van der Waals surface area contributed by atoms with Crippen LogP contribution in [0.1, 0.15) is 121 Å². The van der Waals surface area contributed by atoms with Crippen molar-refractivity contribution < 1.29 is 27.4 Å². The van der Waals surface area contributed by atoms with Gasteiger partial charge in [-0.15, -0.1) is 0 Å². The molecule has 0 radical (unpaired) electrons. The second-order valence-corrected chi connectivity index (χ2v) is 12.3. The zero-order valence-corrected chi connectivity index (χ0v) is 24.4. The Hall–Kier alpha value is -1.72. The van der Waals surface area contributed by atoms with Crippen LogP contribution in [0.2, 0.25) is 0 Å². The number of rotatable bonds is 13. The quantitative estimate of drug-likeness (QED) is 0.190. The van der Waals surface area contributed by atoms with Crippen molar-refractivity contribution in [3.63, 3.8) is 0 Å². The van der Waals surface area contributed by atoms with E-state index < -0.39 is 12.1 Å². The van der Waals surface area contributed by atoms with Crippen molar-refractivity contribution in [1.82, 2.24) is 0 Å². The average molecular weight is 527 g/mol. The number of benzene rings is 1. The summed E-state index contributed by atoms with van der Waals surface area (Å²) in [6, 6.07) is 0. The Morgan fingerprint density at radius 2 is 1.43 bits per heavy atom. The average Bonchev–Trinajstić information content (AvgIpc) is 2.79. The van der Waals surface area contributed by atoms with Gasteiger partial charge in [-0.25, -0.2) is 4.79 Å². The predicted octanol–water partition coefficient (Wildman–Crippen LogP) is 9.60. The molecule has 37 heavy (non-hydrogen) atoms. The molecule has 0 N–H and O–H groups in total. The van der Waals surface area contributed by atoms with E-state index in [2.05, 4.69) is 34.6 Å². The SMILES string of the molecule is Cc1c(C)c2c(c(C)c1OC(=O)C(F)(F)F)CCC(C)(CCCC(C)CCCC(C)CCCC(C)C)O2. The van der Waals surface area contributed by atoms with E-state index in [1.165, 1.54) is 44.9 Å². The Labute approximate surface area is 222 Å². The Kier molecular flexibility index (Phi) is 11.4. The third kappa shape index (κ3) is 9.21. The first-order valence-corrected chi connectivity index (χ1v) is 14.2. The molecule has 3 nitrogen and oxygen atoms in total. The molecule has 2 rings (SSSR count). The largest absolute Gasteiger partial charge is 0.491 e. The molecule has 1 aliphatic heterocycles. The van der Waals surface area contributed by atoms with Gasteiger partial charge in [0.1, 0.15) is 17.1 Å². The summed E-state index contributed by atoms with van der Waals surface area (Å²) in [5, 5.41) is 0. The molecular formula is C31H49F3O3. The van der Waals surface area contributed by atoms with E-state index in [0.29, 0.717) is 23.5 Å². The van der Waals surface area contributed by atoms with Crippen LogP contribution in [0.5, 0.6) is 11.5 Å². The fraction of sp³-hybridized carbons (Fsp3) is 0.774. The molecule has 0 spiro atoms. The van der Waals surface area contributed by atoms with Crippen LogP contribution >= 0.6 is 0 Å². The second kappa shape index (κ2) is 13.4. The number of ether oxygens (including phenoxy) is 2. The van der Waals surface area contributed by atoms with E-state index in [9.17, 15) is 18.0 Å². The molecule has 0 bridgehead atoms. The van der Waals surface area contributed by atoms with Crippen LogP contribution in [-0.4, -0.2) is 17.7 Å². The lowest BCUT2D eigenvalue weighted by Crippen LogP contribution is -2.37. The summed E-state index contributed by atoms with van der Waals surface area (Å²) < 4.78 is 49.7. The number of carbonyl (C=O) groups excluding carboxylic acids is 1. The minimum absolute atomic E-state index is 0.00819. The summed E-state index contributed by atoms with van der Waals surface area (Å²) in [6.45, 7) is 16.7. The summed E-state index contributed by atoms with van der Waals surface area (Å²) in [5.74, 6) is 0.874. The summed E-state index contributed by atoms with van der Waals surface area (Å²) in [7, 11) is 0. The number of hydrogen-bond acceptors (Lipinski definition) is 3. The Balaban J connectivity index is 1.89. The molecule has 6 heteroatoms. The van der Waals surface area contributed by atoms with Crippen LogP contribution in [-0.2, 0) is 11.2 Å². The minimum Gasteiger partial charge on any atom is -0.487 e. The highest BCUT2D eigenvalue weighted by Gasteiger charge is 2.42. The first kappa shape index (κ1) is 31.5. The van der Waals surface area contributed by atoms with Gasteiger partial charge in [0.15, 0.2) is 0 Å². The van der Waals surface area contributed by atoms with E-state index in [1.54, 1.807) is 13.8 Å². The van der Waals surface area contributed by atoms with Crippen molar-refractivity contribution in [2.45, 2.75) is 138 Å². The van der Waals surface area contributed by atoms with Crippen molar-refractivity contribution in [1.29, 1.82) is 0 Å². The molecule has 0 fully saturated rings. The number of carbonyl (C=O) groups is 1. The number of fused-ring (bicyclic) bond motifs is 1. The molecule has 0 aliphatic carbocycles. The van der Waals surface area contributed by atoms with E-state index in [4.69, 9.17) is 9.47 Å². The van der Waals surface area contributed by atoms with Gasteiger partial charge in [0, 0.05) is 5.56 Å². The topological polar surface area (TPSA) is 35.5 Å². The summed E-state index contributed by atoms with van der Waals surface area (Å²) in [5.41, 5.74) is 2.37. The Morgan fingerprint density at radius 1 is 0.892 bits per heavy atom. The van der Waals surface area contributed by atoms with Gasteiger partial charge < -0.3 is 9.47 Å². The molecule has 3 atom stereocenters. The van der Waals surface area contributed by atoms with Gasteiger partial charge in [-0.1, -0.05) is 72.6 Å². The summed E-state index contributed by atoms with van der Waals surface area (Å²) >= 11 is 0. The molecule has 1 aromatic carbocycles. The van der Waals surface area contributed by atoms with Crippen molar-refractivity contribution in [3.05, 3.63) is 22.3 Å². The van der Waals surface area contributed by atoms with Crippen molar-refractivity contribution in [3.8, 4) is 11.5 Å². The fourth-order valence-corrected chi connectivity index (χ4v) is 5.56. The van der Waals surface area contributed by atoms with E-state index in [0.717, 1.165) is 48.0 Å². The van der Waals surface area contributed by atoms with Gasteiger partial charge >= 0.3 is 12.1 Å². The lowest BCUT2D eigenvalue weighted by atomic mass is 9.83. The first-order valence-electron chi connectivity index (χ1n) is 14.2. The van der Waals surface area contributed by atoms with Gasteiger partial charge in [0.25, 0.3) is 0 Å². The highest BCUT2D eigenvalue weighted by atomic mass is 19.4. The number of esters is 1. The zero-order chi connectivity index (χ0) is 28.0. The van der Waals surface area contributed by atoms with Crippen LogP contribution in [0.3, 0.4) is 0 Å². The monoisotopic (exact) mass is 526 g/mol. The van der Waals surface area contributed by atoms with E-state index >= 15 is 0 Å². The van der Waals surface area contributed by atoms with Gasteiger partial charge in [-0.3, -0.25) is 0 Å². The van der Waals surface area contributed by atoms with Crippen molar-refractivity contribution in [2.75, 3.05) is 0 Å². The lowest BCUT2D eigenvalue weighted by molar-refractivity contribution is -0.189. The maximum Gasteiger partial charge on any atom is 0.491 e. The lowest BCUT2D eigenvalue weighted by Gasteiger charge is -2.38. The van der Waals surface area contributed by atoms with Gasteiger partial charge in [-0.05, 0) is 87.8 Å². The maximum atomic E-state index is 12.8. The van der Waals surface area contributed by atoms with E-state index in [-0.39, 0.29) is 11.4 Å². The van der Waals surface area contributed by atoms with Gasteiger partial charge in [-0.2, -0.15) is 13.2 Å². The standard InChI is InChI=1S/C31H49F3O3/c1-20(2)12-9-13-21(3)14-10-15-22(4)16-11-18-30(8)19-17-26-25(7)27(36-29(35)31(32,33)34)23(5)24(6)28(26)37-30/h20-22H,9-19H2,1-8H3. The van der Waals surface area contributed by atoms with Gasteiger partial charge in [0.2, 0.25) is 0 Å². The van der Waals surface area contributed by atoms with Crippen molar-refractivity contribution >= 4 is 5.97 Å². The molecule has 3 unspecified atom stereocenters. The van der Waals surface area contributed by atoms with Crippen LogP contribution in [0.15, 0.2) is 0 Å². The molecule has 0 saturated carbocycles. The number of alkyl halides is 3. The maximum absolute atomic E-state index is 12.8. The van der Waals surface area contributed by atoms with Crippen LogP contribution in [0.4, 0.5) is 13.2 Å². The first-order chi connectivity index (χ1) is 17.1. The Morgan fingerprint density at radius 3 is 1.97 bits per heavy atom. The smallest absolute Gasteiger partial charge is 0.487 e. The molecule has 1 aliphatic rings. The third-order valence-electron chi connectivity index (χ3n) is 8.26. The molecular weight excluding hydrogens is 477 g/mol.